The van der Waals surface area contributed by atoms with Gasteiger partial charge in [0, 0.05) is 47.5 Å². The molecule has 3 aromatic rings. The maximum atomic E-state index is 13.8. The van der Waals surface area contributed by atoms with Crippen LogP contribution in [0.5, 0.6) is 0 Å². The van der Waals surface area contributed by atoms with E-state index < -0.39 is 16.1 Å². The average Bonchev–Trinajstić information content (AvgIpc) is 2.91. The summed E-state index contributed by atoms with van der Waals surface area (Å²) in [6, 6.07) is 18.7. The third-order valence-electron chi connectivity index (χ3n) is 6.57. The first kappa shape index (κ1) is 32.7. The molecule has 0 radical (unpaired) electrons. The Morgan fingerprint density at radius 2 is 1.61 bits per heavy atom. The van der Waals surface area contributed by atoms with Gasteiger partial charge in [0.1, 0.15) is 6.04 Å². The third kappa shape index (κ3) is 9.36. The van der Waals surface area contributed by atoms with E-state index in [0.717, 1.165) is 17.4 Å². The number of hydrogen-bond donors (Lipinski definition) is 1. The van der Waals surface area contributed by atoms with Crippen LogP contribution in [0.25, 0.3) is 0 Å². The Morgan fingerprint density at radius 1 is 0.951 bits per heavy atom. The molecule has 3 rings (SSSR count). The number of aryl methyl sites for hydroxylation is 1. The molecule has 0 aromatic heterocycles. The number of amides is 2. The predicted molar refractivity (Wildman–Crippen MR) is 167 cm³/mol. The highest BCUT2D eigenvalue weighted by Crippen LogP contribution is 2.28. The zero-order chi connectivity index (χ0) is 30.2. The van der Waals surface area contributed by atoms with Crippen molar-refractivity contribution in [1.82, 2.24) is 10.2 Å². The van der Waals surface area contributed by atoms with Crippen LogP contribution < -0.4 is 9.62 Å². The Labute approximate surface area is 257 Å². The zero-order valence-electron chi connectivity index (χ0n) is 23.2. The summed E-state index contributed by atoms with van der Waals surface area (Å²) in [5, 5.41) is 4.10. The second kappa shape index (κ2) is 14.9. The standard InChI is InChI=1S/C30H34Cl3N3O4S/c1-4-34-30(38)28(17-22-9-6-5-7-10-22)35(20-23-13-15-24(31)18-26(23)33)29(37)11-8-16-36(41(3,39)40)27-19-25(32)14-12-21(27)2/h5-7,9-10,12-15,18-19,28H,4,8,11,16-17,20H2,1-3H3,(H,34,38)/t28-/m1/s1. The van der Waals surface area contributed by atoms with Gasteiger partial charge in [0.25, 0.3) is 0 Å². The molecule has 0 aliphatic heterocycles. The quantitative estimate of drug-likeness (QED) is 0.239. The van der Waals surface area contributed by atoms with E-state index in [1.165, 1.54) is 9.21 Å². The van der Waals surface area contributed by atoms with Crippen LogP contribution in [-0.4, -0.2) is 50.5 Å². The fraction of sp³-hybridized carbons (Fsp3) is 0.333. The SMILES string of the molecule is CCNC(=O)[C@@H](Cc1ccccc1)N(Cc1ccc(Cl)cc1Cl)C(=O)CCCN(c1cc(Cl)ccc1C)S(C)(=O)=O. The highest BCUT2D eigenvalue weighted by atomic mass is 35.5. The number of benzene rings is 3. The maximum absolute atomic E-state index is 13.8. The van der Waals surface area contributed by atoms with E-state index in [9.17, 15) is 18.0 Å². The molecule has 7 nitrogen and oxygen atoms in total. The van der Waals surface area contributed by atoms with E-state index in [1.54, 1.807) is 43.3 Å². The number of nitrogens with zero attached hydrogens (tertiary/aromatic N) is 2. The zero-order valence-corrected chi connectivity index (χ0v) is 26.3. The van der Waals surface area contributed by atoms with Crippen LogP contribution in [0.1, 0.15) is 36.5 Å². The first-order chi connectivity index (χ1) is 19.4. The smallest absolute Gasteiger partial charge is 0.243 e. The molecule has 1 atom stereocenters. The highest BCUT2D eigenvalue weighted by molar-refractivity contribution is 7.92. The Bertz CT molecular complexity index is 1470. The van der Waals surface area contributed by atoms with E-state index >= 15 is 0 Å². The van der Waals surface area contributed by atoms with Gasteiger partial charge >= 0.3 is 0 Å². The van der Waals surface area contributed by atoms with E-state index in [1.807, 2.05) is 37.3 Å². The molecule has 41 heavy (non-hydrogen) atoms. The summed E-state index contributed by atoms with van der Waals surface area (Å²) >= 11 is 18.7. The summed E-state index contributed by atoms with van der Waals surface area (Å²) in [5.41, 5.74) is 2.73. The van der Waals surface area contributed by atoms with Crippen molar-refractivity contribution in [3.63, 3.8) is 0 Å². The molecule has 0 heterocycles. The molecule has 11 heteroatoms. The molecule has 0 unspecified atom stereocenters. The van der Waals surface area contributed by atoms with Crippen molar-refractivity contribution < 1.29 is 18.0 Å². The lowest BCUT2D eigenvalue weighted by atomic mass is 10.0. The van der Waals surface area contributed by atoms with Crippen molar-refractivity contribution in [3.05, 3.63) is 98.5 Å². The van der Waals surface area contributed by atoms with Gasteiger partial charge in [-0.3, -0.25) is 13.9 Å². The fourth-order valence-electron chi connectivity index (χ4n) is 4.51. The summed E-state index contributed by atoms with van der Waals surface area (Å²) in [7, 11) is -3.66. The van der Waals surface area contributed by atoms with Crippen molar-refractivity contribution >= 4 is 62.3 Å². The number of sulfonamides is 1. The molecule has 0 bridgehead atoms. The summed E-state index contributed by atoms with van der Waals surface area (Å²) in [6.07, 6.45) is 1.63. The lowest BCUT2D eigenvalue weighted by Crippen LogP contribution is -2.50. The maximum Gasteiger partial charge on any atom is 0.243 e. The second-order valence-corrected chi connectivity index (χ2v) is 12.9. The summed E-state index contributed by atoms with van der Waals surface area (Å²) in [5.74, 6) is -0.596. The van der Waals surface area contributed by atoms with Gasteiger partial charge in [0.2, 0.25) is 21.8 Å². The van der Waals surface area contributed by atoms with Gasteiger partial charge in [0.05, 0.1) is 11.9 Å². The Morgan fingerprint density at radius 3 is 2.24 bits per heavy atom. The molecule has 0 aliphatic carbocycles. The van der Waals surface area contributed by atoms with Crippen LogP contribution in [0.15, 0.2) is 66.7 Å². The first-order valence-corrected chi connectivity index (χ1v) is 16.2. The minimum atomic E-state index is -3.66. The molecule has 2 amide bonds. The minimum absolute atomic E-state index is 0.00152. The van der Waals surface area contributed by atoms with Crippen molar-refractivity contribution in [3.8, 4) is 0 Å². The largest absolute Gasteiger partial charge is 0.355 e. The fourth-order valence-corrected chi connectivity index (χ4v) is 6.16. The van der Waals surface area contributed by atoms with Crippen LogP contribution in [-0.2, 0) is 32.6 Å². The van der Waals surface area contributed by atoms with E-state index in [2.05, 4.69) is 5.32 Å². The van der Waals surface area contributed by atoms with Crippen LogP contribution >= 0.6 is 34.8 Å². The van der Waals surface area contributed by atoms with Crippen molar-refractivity contribution in [1.29, 1.82) is 0 Å². The summed E-state index contributed by atoms with van der Waals surface area (Å²) in [6.45, 7) is 4.15. The number of nitrogens with one attached hydrogen (secondary N) is 1. The number of halogens is 3. The van der Waals surface area contributed by atoms with Gasteiger partial charge in [-0.15, -0.1) is 0 Å². The second-order valence-electron chi connectivity index (χ2n) is 9.73. The number of carbonyl (C=O) groups is 2. The monoisotopic (exact) mass is 637 g/mol. The number of anilines is 1. The average molecular weight is 639 g/mol. The number of carbonyl (C=O) groups excluding carboxylic acids is 2. The molecule has 0 spiro atoms. The molecule has 0 saturated heterocycles. The van der Waals surface area contributed by atoms with Crippen LogP contribution in [0.4, 0.5) is 5.69 Å². The van der Waals surface area contributed by atoms with Gasteiger partial charge in [-0.1, -0.05) is 77.3 Å². The molecule has 0 fully saturated rings. The van der Waals surface area contributed by atoms with Crippen LogP contribution in [0, 0.1) is 6.92 Å². The van der Waals surface area contributed by atoms with Gasteiger partial charge in [0.15, 0.2) is 0 Å². The number of likely N-dealkylation sites (N-methyl/N-ethyl adjacent to an activating group) is 1. The third-order valence-corrected chi connectivity index (χ3v) is 8.57. The van der Waals surface area contributed by atoms with Gasteiger partial charge < -0.3 is 10.2 Å². The molecule has 220 valence electrons. The van der Waals surface area contributed by atoms with Gasteiger partial charge in [-0.25, -0.2) is 8.42 Å². The predicted octanol–water partition coefficient (Wildman–Crippen LogP) is 6.28. The van der Waals surface area contributed by atoms with Gasteiger partial charge in [-0.2, -0.15) is 0 Å². The molecule has 0 aliphatic rings. The molecular weight excluding hydrogens is 605 g/mol. The Kier molecular flexibility index (Phi) is 11.9. The van der Waals surface area contributed by atoms with E-state index in [4.69, 9.17) is 34.8 Å². The summed E-state index contributed by atoms with van der Waals surface area (Å²) in [4.78, 5) is 28.7. The number of hydrogen-bond acceptors (Lipinski definition) is 4. The lowest BCUT2D eigenvalue weighted by Gasteiger charge is -2.32. The summed E-state index contributed by atoms with van der Waals surface area (Å²) < 4.78 is 26.6. The normalized spacial score (nSPS) is 12.0. The number of rotatable bonds is 13. The van der Waals surface area contributed by atoms with Crippen molar-refractivity contribution in [2.24, 2.45) is 0 Å². The minimum Gasteiger partial charge on any atom is -0.355 e. The van der Waals surface area contributed by atoms with Crippen molar-refractivity contribution in [2.45, 2.75) is 45.7 Å². The molecule has 1 N–H and O–H groups in total. The molecular formula is C30H34Cl3N3O4S. The van der Waals surface area contributed by atoms with E-state index in [-0.39, 0.29) is 37.7 Å². The lowest BCUT2D eigenvalue weighted by molar-refractivity contribution is -0.141. The van der Waals surface area contributed by atoms with E-state index in [0.29, 0.717) is 39.3 Å². The topological polar surface area (TPSA) is 86.8 Å². The highest BCUT2D eigenvalue weighted by Gasteiger charge is 2.31. The first-order valence-electron chi connectivity index (χ1n) is 13.2. The van der Waals surface area contributed by atoms with Crippen LogP contribution in [0.3, 0.4) is 0 Å². The Hall–Kier alpha value is -2.78. The van der Waals surface area contributed by atoms with Gasteiger partial charge in [-0.05, 0) is 61.2 Å². The van der Waals surface area contributed by atoms with Crippen LogP contribution in [0.2, 0.25) is 15.1 Å². The van der Waals surface area contributed by atoms with Crippen molar-refractivity contribution in [2.75, 3.05) is 23.7 Å². The molecule has 3 aromatic carbocycles. The Balaban J connectivity index is 1.91. The molecule has 0 saturated carbocycles.